The van der Waals surface area contributed by atoms with Crippen LogP contribution in [0, 0.1) is 11.7 Å². The van der Waals surface area contributed by atoms with Crippen LogP contribution in [-0.2, 0) is 6.42 Å². The van der Waals surface area contributed by atoms with Gasteiger partial charge in [-0.05, 0) is 56.0 Å². The van der Waals surface area contributed by atoms with E-state index < -0.39 is 0 Å². The summed E-state index contributed by atoms with van der Waals surface area (Å²) in [4.78, 5) is 0. The average molecular weight is 235 g/mol. The van der Waals surface area contributed by atoms with Crippen LogP contribution in [0.5, 0.6) is 0 Å². The van der Waals surface area contributed by atoms with Crippen LogP contribution in [0.1, 0.15) is 37.7 Å². The quantitative estimate of drug-likeness (QED) is 0.770. The molecule has 0 unspecified atom stereocenters. The maximum atomic E-state index is 12.7. The summed E-state index contributed by atoms with van der Waals surface area (Å²) in [6, 6.07) is 6.82. The Morgan fingerprint density at radius 3 is 2.47 bits per heavy atom. The van der Waals surface area contributed by atoms with Gasteiger partial charge >= 0.3 is 0 Å². The van der Waals surface area contributed by atoms with Gasteiger partial charge < -0.3 is 5.32 Å². The molecule has 1 nitrogen and oxygen atoms in total. The standard InChI is InChI=1S/C15H22FN/c16-15-8-6-13(7-9-15)10-11-17-12-14-4-2-1-3-5-14/h6-9,14,17H,1-5,10-12H2. The first kappa shape index (κ1) is 12.6. The third-order valence-electron chi connectivity index (χ3n) is 3.66. The van der Waals surface area contributed by atoms with E-state index >= 15 is 0 Å². The van der Waals surface area contributed by atoms with E-state index in [0.29, 0.717) is 0 Å². The van der Waals surface area contributed by atoms with Crippen LogP contribution in [0.3, 0.4) is 0 Å². The van der Waals surface area contributed by atoms with Gasteiger partial charge in [0.2, 0.25) is 0 Å². The van der Waals surface area contributed by atoms with Crippen LogP contribution in [0.15, 0.2) is 24.3 Å². The number of halogens is 1. The molecular weight excluding hydrogens is 213 g/mol. The van der Waals surface area contributed by atoms with Crippen LogP contribution in [-0.4, -0.2) is 13.1 Å². The van der Waals surface area contributed by atoms with Gasteiger partial charge in [0.1, 0.15) is 5.82 Å². The fourth-order valence-electron chi connectivity index (χ4n) is 2.58. The number of hydrogen-bond acceptors (Lipinski definition) is 1. The molecule has 2 heteroatoms. The third kappa shape index (κ3) is 4.47. The highest BCUT2D eigenvalue weighted by molar-refractivity contribution is 5.16. The third-order valence-corrected chi connectivity index (χ3v) is 3.66. The summed E-state index contributed by atoms with van der Waals surface area (Å²) in [6.07, 6.45) is 8.01. The van der Waals surface area contributed by atoms with Crippen LogP contribution in [0.2, 0.25) is 0 Å². The van der Waals surface area contributed by atoms with E-state index in [1.54, 1.807) is 0 Å². The van der Waals surface area contributed by atoms with Gasteiger partial charge in [-0.1, -0.05) is 31.4 Å². The predicted octanol–water partition coefficient (Wildman–Crippen LogP) is 3.54. The Labute approximate surface area is 103 Å². The molecule has 0 spiro atoms. The molecule has 1 saturated carbocycles. The first-order valence-electron chi connectivity index (χ1n) is 6.80. The molecule has 1 fully saturated rings. The Balaban J connectivity index is 1.60. The highest BCUT2D eigenvalue weighted by Gasteiger charge is 2.12. The Morgan fingerprint density at radius 2 is 1.76 bits per heavy atom. The second kappa shape index (κ2) is 6.75. The maximum Gasteiger partial charge on any atom is 0.123 e. The summed E-state index contributed by atoms with van der Waals surface area (Å²) >= 11 is 0. The normalized spacial score (nSPS) is 17.2. The first-order chi connectivity index (χ1) is 8.34. The summed E-state index contributed by atoms with van der Waals surface area (Å²) in [5, 5.41) is 3.52. The molecule has 1 aromatic rings. The molecule has 1 aliphatic carbocycles. The van der Waals surface area contributed by atoms with Crippen LogP contribution in [0.25, 0.3) is 0 Å². The molecule has 1 aromatic carbocycles. The van der Waals surface area contributed by atoms with E-state index in [-0.39, 0.29) is 5.82 Å². The van der Waals surface area contributed by atoms with Crippen molar-refractivity contribution in [2.24, 2.45) is 5.92 Å². The fraction of sp³-hybridized carbons (Fsp3) is 0.600. The minimum Gasteiger partial charge on any atom is -0.316 e. The Kier molecular flexibility index (Phi) is 4.99. The van der Waals surface area contributed by atoms with Crippen molar-refractivity contribution >= 4 is 0 Å². The molecule has 2 rings (SSSR count). The Morgan fingerprint density at radius 1 is 1.06 bits per heavy atom. The van der Waals surface area contributed by atoms with E-state index in [1.807, 2.05) is 12.1 Å². The van der Waals surface area contributed by atoms with E-state index in [9.17, 15) is 4.39 Å². The van der Waals surface area contributed by atoms with Gasteiger partial charge in [-0.3, -0.25) is 0 Å². The van der Waals surface area contributed by atoms with Gasteiger partial charge in [0.05, 0.1) is 0 Å². The minimum absolute atomic E-state index is 0.149. The van der Waals surface area contributed by atoms with Crippen molar-refractivity contribution in [2.75, 3.05) is 13.1 Å². The van der Waals surface area contributed by atoms with Gasteiger partial charge in [0, 0.05) is 0 Å². The molecule has 0 amide bonds. The molecule has 1 aliphatic rings. The average Bonchev–Trinajstić information content (AvgIpc) is 2.38. The van der Waals surface area contributed by atoms with Gasteiger partial charge in [-0.25, -0.2) is 4.39 Å². The summed E-state index contributed by atoms with van der Waals surface area (Å²) in [6.45, 7) is 2.16. The van der Waals surface area contributed by atoms with Crippen molar-refractivity contribution in [1.82, 2.24) is 5.32 Å². The number of rotatable bonds is 5. The zero-order valence-electron chi connectivity index (χ0n) is 10.4. The van der Waals surface area contributed by atoms with Gasteiger partial charge in [-0.2, -0.15) is 0 Å². The second-order valence-corrected chi connectivity index (χ2v) is 5.08. The zero-order chi connectivity index (χ0) is 11.9. The highest BCUT2D eigenvalue weighted by atomic mass is 19.1. The lowest BCUT2D eigenvalue weighted by atomic mass is 9.89. The molecule has 0 bridgehead atoms. The largest absolute Gasteiger partial charge is 0.316 e. The molecule has 0 radical (unpaired) electrons. The van der Waals surface area contributed by atoms with Crippen LogP contribution < -0.4 is 5.32 Å². The van der Waals surface area contributed by atoms with Crippen molar-refractivity contribution in [3.8, 4) is 0 Å². The second-order valence-electron chi connectivity index (χ2n) is 5.08. The summed E-state index contributed by atoms with van der Waals surface area (Å²) < 4.78 is 12.7. The predicted molar refractivity (Wildman–Crippen MR) is 69.5 cm³/mol. The lowest BCUT2D eigenvalue weighted by Gasteiger charge is -2.21. The minimum atomic E-state index is -0.149. The molecule has 1 N–H and O–H groups in total. The molecule has 17 heavy (non-hydrogen) atoms. The number of benzene rings is 1. The monoisotopic (exact) mass is 235 g/mol. The Hall–Kier alpha value is -0.890. The molecule has 0 saturated heterocycles. The Bertz CT molecular complexity index is 314. The summed E-state index contributed by atoms with van der Waals surface area (Å²) in [7, 11) is 0. The SMILES string of the molecule is Fc1ccc(CCNCC2CCCCC2)cc1. The van der Waals surface area contributed by atoms with Crippen LogP contribution >= 0.6 is 0 Å². The summed E-state index contributed by atoms with van der Waals surface area (Å²) in [5.41, 5.74) is 1.21. The van der Waals surface area contributed by atoms with Crippen molar-refractivity contribution < 1.29 is 4.39 Å². The number of hydrogen-bond donors (Lipinski definition) is 1. The molecule has 0 heterocycles. The highest BCUT2D eigenvalue weighted by Crippen LogP contribution is 2.22. The molecule has 0 aliphatic heterocycles. The van der Waals surface area contributed by atoms with Gasteiger partial charge in [-0.15, -0.1) is 0 Å². The lowest BCUT2D eigenvalue weighted by Crippen LogP contribution is -2.26. The first-order valence-corrected chi connectivity index (χ1v) is 6.80. The van der Waals surface area contributed by atoms with Crippen molar-refractivity contribution in [1.29, 1.82) is 0 Å². The van der Waals surface area contributed by atoms with E-state index in [2.05, 4.69) is 5.32 Å². The van der Waals surface area contributed by atoms with E-state index in [1.165, 1.54) is 49.8 Å². The fourth-order valence-corrected chi connectivity index (χ4v) is 2.58. The molecule has 0 atom stereocenters. The lowest BCUT2D eigenvalue weighted by molar-refractivity contribution is 0.343. The molecular formula is C15H22FN. The van der Waals surface area contributed by atoms with Crippen molar-refractivity contribution in [3.63, 3.8) is 0 Å². The molecule has 94 valence electrons. The van der Waals surface area contributed by atoms with Crippen molar-refractivity contribution in [3.05, 3.63) is 35.6 Å². The summed E-state index contributed by atoms with van der Waals surface area (Å²) in [5.74, 6) is 0.737. The number of nitrogens with one attached hydrogen (secondary N) is 1. The maximum absolute atomic E-state index is 12.7. The van der Waals surface area contributed by atoms with E-state index in [0.717, 1.165) is 25.4 Å². The van der Waals surface area contributed by atoms with E-state index in [4.69, 9.17) is 0 Å². The van der Waals surface area contributed by atoms with Crippen molar-refractivity contribution in [2.45, 2.75) is 38.5 Å². The molecule has 0 aromatic heterocycles. The topological polar surface area (TPSA) is 12.0 Å². The van der Waals surface area contributed by atoms with Gasteiger partial charge in [0.15, 0.2) is 0 Å². The zero-order valence-corrected chi connectivity index (χ0v) is 10.4. The smallest absolute Gasteiger partial charge is 0.123 e. The van der Waals surface area contributed by atoms with Crippen LogP contribution in [0.4, 0.5) is 4.39 Å². The van der Waals surface area contributed by atoms with Gasteiger partial charge in [0.25, 0.3) is 0 Å².